The first-order chi connectivity index (χ1) is 9.79. The molecule has 0 spiro atoms. The zero-order valence-corrected chi connectivity index (χ0v) is 13.1. The Morgan fingerprint density at radius 2 is 1.65 bits per heavy atom. The monoisotopic (exact) mass is 279 g/mol. The molecule has 0 fully saturated rings. The van der Waals surface area contributed by atoms with Gasteiger partial charge in [0.15, 0.2) is 0 Å². The maximum atomic E-state index is 13.8. The van der Waals surface area contributed by atoms with E-state index in [1.54, 1.807) is 12.1 Å². The van der Waals surface area contributed by atoms with Gasteiger partial charge in [0, 0.05) is 6.54 Å². The molecule has 2 heteroatoms. The highest BCUT2D eigenvalue weighted by molar-refractivity contribution is 5.22. The van der Waals surface area contributed by atoms with Gasteiger partial charge >= 0.3 is 0 Å². The summed E-state index contributed by atoms with van der Waals surface area (Å²) in [5.74, 6) is 0.243. The van der Waals surface area contributed by atoms with Gasteiger partial charge in [0.2, 0.25) is 0 Å². The van der Waals surface area contributed by atoms with Crippen LogP contribution in [0.4, 0.5) is 4.39 Å². The van der Waals surface area contributed by atoms with Crippen LogP contribution >= 0.6 is 0 Å². The summed E-state index contributed by atoms with van der Waals surface area (Å²) in [6, 6.07) is 7.20. The van der Waals surface area contributed by atoms with E-state index in [4.69, 9.17) is 0 Å². The Bertz CT molecular complexity index is 351. The molecule has 0 bridgehead atoms. The first-order valence-electron chi connectivity index (χ1n) is 8.18. The molecule has 1 aromatic rings. The second-order valence-corrected chi connectivity index (χ2v) is 5.69. The van der Waals surface area contributed by atoms with E-state index in [0.717, 1.165) is 18.5 Å². The number of nitrogens with one attached hydrogen (secondary N) is 1. The molecule has 1 nitrogen and oxygen atoms in total. The highest BCUT2D eigenvalue weighted by Gasteiger charge is 2.14. The van der Waals surface area contributed by atoms with E-state index >= 15 is 0 Å². The Morgan fingerprint density at radius 3 is 2.30 bits per heavy atom. The van der Waals surface area contributed by atoms with Crippen LogP contribution in [0.15, 0.2) is 24.3 Å². The van der Waals surface area contributed by atoms with Crippen LogP contribution in [-0.4, -0.2) is 13.6 Å². The molecule has 0 heterocycles. The summed E-state index contributed by atoms with van der Waals surface area (Å²) >= 11 is 0. The van der Waals surface area contributed by atoms with Gasteiger partial charge in [-0.2, -0.15) is 0 Å². The average molecular weight is 279 g/mol. The van der Waals surface area contributed by atoms with Crippen molar-refractivity contribution < 1.29 is 4.39 Å². The van der Waals surface area contributed by atoms with Crippen LogP contribution in [0.25, 0.3) is 0 Å². The highest BCUT2D eigenvalue weighted by atomic mass is 19.1. The number of benzene rings is 1. The third kappa shape index (κ3) is 6.51. The summed E-state index contributed by atoms with van der Waals surface area (Å²) < 4.78 is 13.8. The third-order valence-corrected chi connectivity index (χ3v) is 3.95. The summed E-state index contributed by atoms with van der Waals surface area (Å²) in [5.41, 5.74) is 0.868. The SMILES string of the molecule is CCCCCCCCCC(CNC)c1ccccc1F. The molecular weight excluding hydrogens is 249 g/mol. The molecule has 0 amide bonds. The first kappa shape index (κ1) is 17.2. The largest absolute Gasteiger partial charge is 0.319 e. The van der Waals surface area contributed by atoms with Crippen LogP contribution in [0.2, 0.25) is 0 Å². The van der Waals surface area contributed by atoms with E-state index in [1.165, 1.54) is 44.9 Å². The molecule has 114 valence electrons. The Labute approximate surface area is 124 Å². The van der Waals surface area contributed by atoms with Crippen LogP contribution in [0.5, 0.6) is 0 Å². The van der Waals surface area contributed by atoms with Crippen LogP contribution < -0.4 is 5.32 Å². The van der Waals surface area contributed by atoms with E-state index in [9.17, 15) is 4.39 Å². The van der Waals surface area contributed by atoms with Gasteiger partial charge in [0.05, 0.1) is 0 Å². The first-order valence-corrected chi connectivity index (χ1v) is 8.18. The molecule has 1 atom stereocenters. The Balaban J connectivity index is 2.31. The molecule has 0 aromatic heterocycles. The van der Waals surface area contributed by atoms with Crippen LogP contribution in [0.1, 0.15) is 69.8 Å². The fraction of sp³-hybridized carbons (Fsp3) is 0.667. The van der Waals surface area contributed by atoms with Gasteiger partial charge in [0.1, 0.15) is 5.82 Å². The molecule has 1 N–H and O–H groups in total. The molecule has 0 aliphatic carbocycles. The van der Waals surface area contributed by atoms with Crippen LogP contribution in [-0.2, 0) is 0 Å². The van der Waals surface area contributed by atoms with Gasteiger partial charge in [-0.1, -0.05) is 70.1 Å². The summed E-state index contributed by atoms with van der Waals surface area (Å²) in [6.45, 7) is 3.10. The second kappa shape index (κ2) is 10.8. The summed E-state index contributed by atoms with van der Waals surface area (Å²) in [6.07, 6.45) is 10.3. The molecule has 1 aromatic carbocycles. The third-order valence-electron chi connectivity index (χ3n) is 3.95. The lowest BCUT2D eigenvalue weighted by Crippen LogP contribution is -2.18. The molecular formula is C18H30FN. The Morgan fingerprint density at radius 1 is 1.00 bits per heavy atom. The maximum absolute atomic E-state index is 13.8. The molecule has 0 aliphatic heterocycles. The molecule has 0 saturated carbocycles. The molecule has 0 saturated heterocycles. The predicted octanol–water partition coefficient (Wildman–Crippen LogP) is 5.27. The fourth-order valence-corrected chi connectivity index (χ4v) is 2.77. The number of rotatable bonds is 11. The maximum Gasteiger partial charge on any atom is 0.126 e. The van der Waals surface area contributed by atoms with Crippen molar-refractivity contribution >= 4 is 0 Å². The zero-order valence-electron chi connectivity index (χ0n) is 13.1. The van der Waals surface area contributed by atoms with Crippen LogP contribution in [0.3, 0.4) is 0 Å². The lowest BCUT2D eigenvalue weighted by molar-refractivity contribution is 0.498. The predicted molar refractivity (Wildman–Crippen MR) is 85.7 cm³/mol. The minimum Gasteiger partial charge on any atom is -0.319 e. The molecule has 1 rings (SSSR count). The lowest BCUT2D eigenvalue weighted by Gasteiger charge is -2.17. The fourth-order valence-electron chi connectivity index (χ4n) is 2.77. The normalized spacial score (nSPS) is 12.6. The summed E-state index contributed by atoms with van der Waals surface area (Å²) in [7, 11) is 1.94. The highest BCUT2D eigenvalue weighted by Crippen LogP contribution is 2.24. The van der Waals surface area contributed by atoms with Gasteiger partial charge in [-0.05, 0) is 31.0 Å². The second-order valence-electron chi connectivity index (χ2n) is 5.69. The number of halogens is 1. The van der Waals surface area contributed by atoms with Gasteiger partial charge in [-0.15, -0.1) is 0 Å². The van der Waals surface area contributed by atoms with Crippen molar-refractivity contribution in [1.29, 1.82) is 0 Å². The minimum absolute atomic E-state index is 0.0595. The van der Waals surface area contributed by atoms with E-state index in [2.05, 4.69) is 12.2 Å². The van der Waals surface area contributed by atoms with E-state index in [-0.39, 0.29) is 5.82 Å². The quantitative estimate of drug-likeness (QED) is 0.544. The van der Waals surface area contributed by atoms with Crippen molar-refractivity contribution in [3.05, 3.63) is 35.6 Å². The molecule has 0 radical (unpaired) electrons. The van der Waals surface area contributed by atoms with E-state index in [0.29, 0.717) is 5.92 Å². The smallest absolute Gasteiger partial charge is 0.126 e. The summed E-state index contributed by atoms with van der Waals surface area (Å²) in [5, 5.41) is 3.20. The van der Waals surface area contributed by atoms with Crippen molar-refractivity contribution in [3.63, 3.8) is 0 Å². The minimum atomic E-state index is -0.0595. The molecule has 0 aliphatic rings. The Kier molecular flexibility index (Phi) is 9.31. The van der Waals surface area contributed by atoms with Crippen molar-refractivity contribution in [2.75, 3.05) is 13.6 Å². The molecule has 20 heavy (non-hydrogen) atoms. The lowest BCUT2D eigenvalue weighted by atomic mass is 9.92. The Hall–Kier alpha value is -0.890. The van der Waals surface area contributed by atoms with Crippen LogP contribution in [0, 0.1) is 5.82 Å². The standard InChI is InChI=1S/C18H30FN/c1-3-4-5-6-7-8-9-12-16(15-20-2)17-13-10-11-14-18(17)19/h10-11,13-14,16,20H,3-9,12,15H2,1-2H3. The topological polar surface area (TPSA) is 12.0 Å². The van der Waals surface area contributed by atoms with Gasteiger partial charge in [-0.25, -0.2) is 4.39 Å². The summed E-state index contributed by atoms with van der Waals surface area (Å²) in [4.78, 5) is 0. The van der Waals surface area contributed by atoms with E-state index < -0.39 is 0 Å². The van der Waals surface area contributed by atoms with Crippen molar-refractivity contribution in [1.82, 2.24) is 5.32 Å². The average Bonchev–Trinajstić information content (AvgIpc) is 2.46. The number of unbranched alkanes of at least 4 members (excludes halogenated alkanes) is 6. The number of hydrogen-bond acceptors (Lipinski definition) is 1. The van der Waals surface area contributed by atoms with Gasteiger partial charge in [-0.3, -0.25) is 0 Å². The zero-order chi connectivity index (χ0) is 14.6. The number of likely N-dealkylation sites (N-methyl/N-ethyl adjacent to an activating group) is 1. The van der Waals surface area contributed by atoms with Gasteiger partial charge in [0.25, 0.3) is 0 Å². The van der Waals surface area contributed by atoms with Gasteiger partial charge < -0.3 is 5.32 Å². The van der Waals surface area contributed by atoms with Crippen molar-refractivity contribution in [2.45, 2.75) is 64.2 Å². The number of hydrogen-bond donors (Lipinski definition) is 1. The molecule has 1 unspecified atom stereocenters. The van der Waals surface area contributed by atoms with E-state index in [1.807, 2.05) is 19.2 Å². The van der Waals surface area contributed by atoms with Crippen molar-refractivity contribution in [2.24, 2.45) is 0 Å². The van der Waals surface area contributed by atoms with Crippen molar-refractivity contribution in [3.8, 4) is 0 Å².